The van der Waals surface area contributed by atoms with E-state index in [9.17, 15) is 13.2 Å². The first-order valence-electron chi connectivity index (χ1n) is 6.87. The number of carbonyl (C=O) groups excluding carboxylic acids is 1. The minimum Gasteiger partial charge on any atom is -0.378 e. The third-order valence-corrected chi connectivity index (χ3v) is 5.16. The molecule has 1 fully saturated rings. The monoisotopic (exact) mass is 276 g/mol. The van der Waals surface area contributed by atoms with Crippen LogP contribution >= 0.6 is 0 Å². The average molecular weight is 276 g/mol. The summed E-state index contributed by atoms with van der Waals surface area (Å²) in [6.07, 6.45) is 5.76. The molecule has 0 radical (unpaired) electrons. The molecule has 1 heterocycles. The molecule has 0 saturated carbocycles. The third kappa shape index (κ3) is 6.50. The van der Waals surface area contributed by atoms with E-state index in [1.54, 1.807) is 6.92 Å². The summed E-state index contributed by atoms with van der Waals surface area (Å²) in [5.74, 6) is 0.460. The number of carbonyl (C=O) groups is 1. The molecule has 0 amide bonds. The minimum atomic E-state index is -2.93. The summed E-state index contributed by atoms with van der Waals surface area (Å²) in [4.78, 5) is 11.6. The maximum absolute atomic E-state index is 11.6. The van der Waals surface area contributed by atoms with Gasteiger partial charge in [-0.3, -0.25) is 4.79 Å². The van der Waals surface area contributed by atoms with Crippen LogP contribution in [0.5, 0.6) is 0 Å². The van der Waals surface area contributed by atoms with E-state index in [-0.39, 0.29) is 23.4 Å². The molecule has 1 aliphatic rings. The molecule has 0 aromatic rings. The number of hydrogen-bond acceptors (Lipinski definition) is 4. The third-order valence-electron chi connectivity index (χ3n) is 3.37. The zero-order chi connectivity index (χ0) is 13.4. The Morgan fingerprint density at radius 1 is 1.28 bits per heavy atom. The van der Waals surface area contributed by atoms with Crippen LogP contribution in [0.4, 0.5) is 0 Å². The van der Waals surface area contributed by atoms with Crippen molar-refractivity contribution in [3.63, 3.8) is 0 Å². The van der Waals surface area contributed by atoms with Gasteiger partial charge in [0, 0.05) is 25.2 Å². The van der Waals surface area contributed by atoms with Crippen LogP contribution in [0.25, 0.3) is 0 Å². The van der Waals surface area contributed by atoms with E-state index < -0.39 is 9.84 Å². The van der Waals surface area contributed by atoms with Crippen LogP contribution < -0.4 is 0 Å². The molecule has 0 aromatic heterocycles. The Labute approximate surface area is 110 Å². The summed E-state index contributed by atoms with van der Waals surface area (Å²) in [6.45, 7) is 2.45. The maximum Gasteiger partial charge on any atom is 0.150 e. The van der Waals surface area contributed by atoms with E-state index in [1.165, 1.54) is 6.42 Å². The quantitative estimate of drug-likeness (QED) is 0.681. The van der Waals surface area contributed by atoms with E-state index in [4.69, 9.17) is 4.74 Å². The van der Waals surface area contributed by atoms with Gasteiger partial charge in [-0.25, -0.2) is 8.42 Å². The molecular formula is C13H24O4S. The molecule has 0 aliphatic carbocycles. The Balaban J connectivity index is 2.10. The number of hydrogen-bond donors (Lipinski definition) is 0. The minimum absolute atomic E-state index is 0.134. The topological polar surface area (TPSA) is 60.4 Å². The van der Waals surface area contributed by atoms with Gasteiger partial charge < -0.3 is 4.74 Å². The van der Waals surface area contributed by atoms with Crippen LogP contribution in [-0.2, 0) is 19.4 Å². The Morgan fingerprint density at radius 3 is 2.67 bits per heavy atom. The molecule has 18 heavy (non-hydrogen) atoms. The lowest BCUT2D eigenvalue weighted by molar-refractivity contribution is -0.120. The van der Waals surface area contributed by atoms with Crippen LogP contribution in [0.2, 0.25) is 0 Å². The van der Waals surface area contributed by atoms with Crippen LogP contribution in [0.3, 0.4) is 0 Å². The van der Waals surface area contributed by atoms with Gasteiger partial charge in [0.1, 0.15) is 15.6 Å². The fourth-order valence-corrected chi connectivity index (χ4v) is 2.99. The lowest BCUT2D eigenvalue weighted by atomic mass is 10.0. The van der Waals surface area contributed by atoms with Crippen molar-refractivity contribution in [1.29, 1.82) is 0 Å². The highest BCUT2D eigenvalue weighted by Crippen LogP contribution is 2.17. The van der Waals surface area contributed by atoms with Crippen molar-refractivity contribution in [3.8, 4) is 0 Å². The number of ether oxygens (including phenoxy) is 1. The highest BCUT2D eigenvalue weighted by molar-refractivity contribution is 7.91. The normalized spacial score (nSPS) is 20.8. The largest absolute Gasteiger partial charge is 0.378 e. The lowest BCUT2D eigenvalue weighted by Crippen LogP contribution is -2.20. The Morgan fingerprint density at radius 2 is 2.06 bits per heavy atom. The average Bonchev–Trinajstić information content (AvgIpc) is 2.37. The van der Waals surface area contributed by atoms with Gasteiger partial charge in [0.05, 0.1) is 11.9 Å². The van der Waals surface area contributed by atoms with Gasteiger partial charge in [0.15, 0.2) is 0 Å². The van der Waals surface area contributed by atoms with E-state index in [0.29, 0.717) is 19.3 Å². The van der Waals surface area contributed by atoms with Crippen LogP contribution in [0.15, 0.2) is 0 Å². The molecule has 0 N–H and O–H groups in total. The molecular weight excluding hydrogens is 252 g/mol. The lowest BCUT2D eigenvalue weighted by Gasteiger charge is -2.22. The molecule has 106 valence electrons. The van der Waals surface area contributed by atoms with E-state index >= 15 is 0 Å². The van der Waals surface area contributed by atoms with Crippen LogP contribution in [0.1, 0.15) is 51.9 Å². The van der Waals surface area contributed by atoms with Gasteiger partial charge in [0.25, 0.3) is 0 Å². The summed E-state index contributed by atoms with van der Waals surface area (Å²) < 4.78 is 28.1. The Kier molecular flexibility index (Phi) is 6.86. The van der Waals surface area contributed by atoms with Gasteiger partial charge in [-0.2, -0.15) is 0 Å². The van der Waals surface area contributed by atoms with Crippen LogP contribution in [0, 0.1) is 0 Å². The highest BCUT2D eigenvalue weighted by Gasteiger charge is 2.15. The van der Waals surface area contributed by atoms with Gasteiger partial charge >= 0.3 is 0 Å². The number of ketones is 1. The van der Waals surface area contributed by atoms with Crippen molar-refractivity contribution in [1.82, 2.24) is 0 Å². The fourth-order valence-electron chi connectivity index (χ4n) is 2.12. The Hall–Kier alpha value is -0.420. The predicted molar refractivity (Wildman–Crippen MR) is 71.4 cm³/mol. The second-order valence-electron chi connectivity index (χ2n) is 4.91. The van der Waals surface area contributed by atoms with Crippen molar-refractivity contribution in [3.05, 3.63) is 0 Å². The van der Waals surface area contributed by atoms with Crippen molar-refractivity contribution >= 4 is 15.6 Å². The summed E-state index contributed by atoms with van der Waals surface area (Å²) in [5, 5.41) is 0. The van der Waals surface area contributed by atoms with Crippen LogP contribution in [-0.4, -0.2) is 38.4 Å². The summed E-state index contributed by atoms with van der Waals surface area (Å²) >= 11 is 0. The molecule has 0 aromatic carbocycles. The van der Waals surface area contributed by atoms with E-state index in [1.807, 2.05) is 0 Å². The summed E-state index contributed by atoms with van der Waals surface area (Å²) in [5.41, 5.74) is 0. The first kappa shape index (κ1) is 15.6. The number of sulfone groups is 1. The van der Waals surface area contributed by atoms with Crippen molar-refractivity contribution < 1.29 is 17.9 Å². The zero-order valence-corrected chi connectivity index (χ0v) is 12.0. The molecule has 1 atom stereocenters. The molecule has 5 heteroatoms. The predicted octanol–water partition coefficient (Wildman–Crippen LogP) is 2.12. The SMILES string of the molecule is CCS(=O)(=O)CCCC(=O)CCC1CCCCO1. The number of rotatable bonds is 8. The Bertz CT molecular complexity index is 342. The molecule has 0 bridgehead atoms. The van der Waals surface area contributed by atoms with Crippen molar-refractivity contribution in [2.45, 2.75) is 58.0 Å². The molecule has 1 saturated heterocycles. The van der Waals surface area contributed by atoms with Crippen molar-refractivity contribution in [2.75, 3.05) is 18.1 Å². The van der Waals surface area contributed by atoms with Gasteiger partial charge in [-0.15, -0.1) is 0 Å². The van der Waals surface area contributed by atoms with E-state index in [2.05, 4.69) is 0 Å². The zero-order valence-electron chi connectivity index (χ0n) is 11.2. The summed E-state index contributed by atoms with van der Waals surface area (Å²) in [6, 6.07) is 0. The molecule has 1 aliphatic heterocycles. The second-order valence-corrected chi connectivity index (χ2v) is 7.38. The first-order valence-corrected chi connectivity index (χ1v) is 8.69. The van der Waals surface area contributed by atoms with Crippen molar-refractivity contribution in [2.24, 2.45) is 0 Å². The fraction of sp³-hybridized carbons (Fsp3) is 0.923. The highest BCUT2D eigenvalue weighted by atomic mass is 32.2. The van der Waals surface area contributed by atoms with Gasteiger partial charge in [0.2, 0.25) is 0 Å². The maximum atomic E-state index is 11.6. The van der Waals surface area contributed by atoms with Gasteiger partial charge in [-0.1, -0.05) is 6.92 Å². The molecule has 0 spiro atoms. The van der Waals surface area contributed by atoms with E-state index in [0.717, 1.165) is 25.9 Å². The molecule has 4 nitrogen and oxygen atoms in total. The molecule has 1 unspecified atom stereocenters. The first-order chi connectivity index (χ1) is 8.53. The standard InChI is InChI=1S/C13H24O4S/c1-2-18(15,16)11-5-6-12(14)8-9-13-7-3-4-10-17-13/h13H,2-11H2,1H3. The summed E-state index contributed by atoms with van der Waals surface area (Å²) in [7, 11) is -2.93. The molecule has 1 rings (SSSR count). The second kappa shape index (κ2) is 7.89. The van der Waals surface area contributed by atoms with Gasteiger partial charge in [-0.05, 0) is 32.1 Å². The number of Topliss-reactive ketones (excluding diaryl/α,β-unsaturated/α-hetero) is 1. The smallest absolute Gasteiger partial charge is 0.150 e.